The summed E-state index contributed by atoms with van der Waals surface area (Å²) in [6, 6.07) is 12.8. The number of ether oxygens (including phenoxy) is 2. The highest BCUT2D eigenvalue weighted by Crippen LogP contribution is 2.43. The second kappa shape index (κ2) is 10.2. The number of benzene rings is 3. The Labute approximate surface area is 207 Å². The van der Waals surface area contributed by atoms with Crippen LogP contribution in [0.15, 0.2) is 59.5 Å². The zero-order chi connectivity index (χ0) is 26.0. The SMILES string of the molecule is COc1cc2c(S(=O)(=O)[C@](N)(CC(=O)O)C(=O)C(N)Cc3ccccc3)cccc2c(Cl)c1OC. The average Bonchev–Trinajstić information content (AvgIpc) is 2.83. The van der Waals surface area contributed by atoms with Gasteiger partial charge in [-0.3, -0.25) is 9.59 Å². The van der Waals surface area contributed by atoms with Gasteiger partial charge in [-0.2, -0.15) is 0 Å². The third kappa shape index (κ3) is 4.83. The summed E-state index contributed by atoms with van der Waals surface area (Å²) in [5, 5.41) is 9.93. The van der Waals surface area contributed by atoms with Gasteiger partial charge >= 0.3 is 5.97 Å². The van der Waals surface area contributed by atoms with Gasteiger partial charge in [0, 0.05) is 10.8 Å². The number of carboxylic acid groups (broad SMARTS) is 1. The molecule has 0 aliphatic rings. The number of carbonyl (C=O) groups is 2. The Hall–Kier alpha value is -3.18. The number of Topliss-reactive ketones (excluding diaryl/α,β-unsaturated/α-hetero) is 1. The fourth-order valence-corrected chi connectivity index (χ4v) is 6.07. The number of methoxy groups -OCH3 is 2. The number of nitrogens with two attached hydrogens (primary N) is 2. The predicted octanol–water partition coefficient (Wildman–Crippen LogP) is 2.55. The lowest BCUT2D eigenvalue weighted by molar-refractivity contribution is -0.140. The number of carbonyl (C=O) groups excluding carboxylic acids is 1. The maximum Gasteiger partial charge on any atom is 0.306 e. The lowest BCUT2D eigenvalue weighted by Crippen LogP contribution is -2.61. The largest absolute Gasteiger partial charge is 0.493 e. The number of rotatable bonds is 10. The second-order valence-electron chi connectivity index (χ2n) is 7.90. The number of hydrogen-bond acceptors (Lipinski definition) is 8. The molecule has 0 saturated carbocycles. The van der Waals surface area contributed by atoms with Crippen molar-refractivity contribution < 1.29 is 32.6 Å². The van der Waals surface area contributed by atoms with E-state index >= 15 is 0 Å². The Bertz CT molecular complexity index is 1380. The van der Waals surface area contributed by atoms with Crippen LogP contribution >= 0.6 is 11.6 Å². The van der Waals surface area contributed by atoms with Crippen molar-refractivity contribution in [3.05, 3.63) is 65.2 Å². The Morgan fingerprint density at radius 3 is 2.29 bits per heavy atom. The molecule has 0 fully saturated rings. The number of aliphatic carboxylic acids is 1. The Morgan fingerprint density at radius 1 is 1.06 bits per heavy atom. The van der Waals surface area contributed by atoms with Crippen LogP contribution in [0.1, 0.15) is 12.0 Å². The number of carboxylic acids is 1. The van der Waals surface area contributed by atoms with Gasteiger partial charge in [0.1, 0.15) is 0 Å². The van der Waals surface area contributed by atoms with E-state index in [0.717, 1.165) is 0 Å². The number of fused-ring (bicyclic) bond motifs is 1. The minimum absolute atomic E-state index is 0.0276. The molecule has 9 nitrogen and oxygen atoms in total. The predicted molar refractivity (Wildman–Crippen MR) is 132 cm³/mol. The summed E-state index contributed by atoms with van der Waals surface area (Å²) in [5.41, 5.74) is 12.9. The van der Waals surface area contributed by atoms with E-state index in [2.05, 4.69) is 0 Å². The summed E-state index contributed by atoms with van der Waals surface area (Å²) in [7, 11) is -2.08. The number of ketones is 1. The second-order valence-corrected chi connectivity index (χ2v) is 10.5. The lowest BCUT2D eigenvalue weighted by Gasteiger charge is -2.29. The van der Waals surface area contributed by atoms with Crippen molar-refractivity contribution in [1.82, 2.24) is 0 Å². The molecule has 0 saturated heterocycles. The monoisotopic (exact) mass is 520 g/mol. The van der Waals surface area contributed by atoms with Gasteiger partial charge in [0.15, 0.2) is 22.2 Å². The van der Waals surface area contributed by atoms with Gasteiger partial charge in [0.05, 0.1) is 36.6 Å². The average molecular weight is 521 g/mol. The molecule has 0 aliphatic carbocycles. The molecule has 2 atom stereocenters. The van der Waals surface area contributed by atoms with Crippen molar-refractivity contribution in [2.75, 3.05) is 14.2 Å². The van der Waals surface area contributed by atoms with E-state index in [9.17, 15) is 23.1 Å². The smallest absolute Gasteiger partial charge is 0.306 e. The van der Waals surface area contributed by atoms with Crippen molar-refractivity contribution in [1.29, 1.82) is 0 Å². The third-order valence-corrected chi connectivity index (χ3v) is 8.28. The molecule has 0 bridgehead atoms. The molecule has 1 unspecified atom stereocenters. The van der Waals surface area contributed by atoms with Crippen molar-refractivity contribution in [3.63, 3.8) is 0 Å². The van der Waals surface area contributed by atoms with Crippen LogP contribution in [0.4, 0.5) is 0 Å². The minimum atomic E-state index is -4.81. The molecule has 11 heteroatoms. The van der Waals surface area contributed by atoms with E-state index < -0.39 is 38.9 Å². The summed E-state index contributed by atoms with van der Waals surface area (Å²) in [6.07, 6.45) is -1.21. The van der Waals surface area contributed by atoms with Gasteiger partial charge < -0.3 is 26.0 Å². The molecule has 3 rings (SSSR count). The van der Waals surface area contributed by atoms with Gasteiger partial charge in [-0.15, -0.1) is 0 Å². The number of hydrogen-bond donors (Lipinski definition) is 3. The first-order chi connectivity index (χ1) is 16.5. The molecular weight excluding hydrogens is 496 g/mol. The van der Waals surface area contributed by atoms with E-state index in [1.54, 1.807) is 36.4 Å². The first-order valence-corrected chi connectivity index (χ1v) is 12.3. The molecule has 0 aliphatic heterocycles. The van der Waals surface area contributed by atoms with E-state index in [0.29, 0.717) is 5.56 Å². The summed E-state index contributed by atoms with van der Waals surface area (Å²) in [4.78, 5) is 21.8. The van der Waals surface area contributed by atoms with Crippen LogP contribution < -0.4 is 20.9 Å². The molecule has 186 valence electrons. The molecule has 0 spiro atoms. The van der Waals surface area contributed by atoms with Crippen LogP contribution in [0.5, 0.6) is 11.5 Å². The lowest BCUT2D eigenvalue weighted by atomic mass is 9.97. The normalized spacial score (nSPS) is 14.2. The highest BCUT2D eigenvalue weighted by Gasteiger charge is 2.51. The first kappa shape index (κ1) is 26.4. The topological polar surface area (TPSA) is 159 Å². The maximum atomic E-state index is 13.9. The van der Waals surface area contributed by atoms with Gasteiger partial charge in [-0.25, -0.2) is 8.42 Å². The number of halogens is 1. The maximum absolute atomic E-state index is 13.9. The van der Waals surface area contributed by atoms with Crippen molar-refractivity contribution in [2.45, 2.75) is 28.6 Å². The highest BCUT2D eigenvalue weighted by molar-refractivity contribution is 7.93. The van der Waals surface area contributed by atoms with E-state index in [1.165, 1.54) is 32.4 Å². The fourth-order valence-electron chi connectivity index (χ4n) is 3.90. The summed E-state index contributed by atoms with van der Waals surface area (Å²) in [6.45, 7) is 0. The van der Waals surface area contributed by atoms with E-state index in [4.69, 9.17) is 32.5 Å². The summed E-state index contributed by atoms with van der Waals surface area (Å²) >= 11 is 6.44. The van der Waals surface area contributed by atoms with Crippen molar-refractivity contribution in [3.8, 4) is 11.5 Å². The minimum Gasteiger partial charge on any atom is -0.493 e. The Balaban J connectivity index is 2.20. The molecule has 0 heterocycles. The molecule has 0 aromatic heterocycles. The van der Waals surface area contributed by atoms with Crippen LogP contribution in [0.25, 0.3) is 10.8 Å². The van der Waals surface area contributed by atoms with Crippen LogP contribution in [-0.4, -0.2) is 50.4 Å². The third-order valence-electron chi connectivity index (χ3n) is 5.66. The zero-order valence-corrected chi connectivity index (χ0v) is 20.6. The summed E-state index contributed by atoms with van der Waals surface area (Å²) < 4.78 is 38.3. The van der Waals surface area contributed by atoms with Crippen LogP contribution in [-0.2, 0) is 25.8 Å². The standard InChI is InChI=1S/C24H25ClN2O7S/c1-33-18-12-16-15(21(25)22(18)34-2)9-6-10-19(16)35(31,32)24(27,13-20(28)29)23(30)17(26)11-14-7-4-3-5-8-14/h3-10,12,17H,11,13,26-27H2,1-2H3,(H,28,29)/t17?,24-/m1/s1. The van der Waals surface area contributed by atoms with Gasteiger partial charge in [-0.05, 0) is 24.1 Å². The van der Waals surface area contributed by atoms with Gasteiger partial charge in [0.2, 0.25) is 9.84 Å². The van der Waals surface area contributed by atoms with Crippen LogP contribution in [0.3, 0.4) is 0 Å². The van der Waals surface area contributed by atoms with Gasteiger partial charge in [-0.1, -0.05) is 54.1 Å². The highest BCUT2D eigenvalue weighted by atomic mass is 35.5. The Kier molecular flexibility index (Phi) is 7.71. The fraction of sp³-hybridized carbons (Fsp3) is 0.250. The van der Waals surface area contributed by atoms with Gasteiger partial charge in [0.25, 0.3) is 0 Å². The molecule has 3 aromatic rings. The molecule has 3 aromatic carbocycles. The molecule has 5 N–H and O–H groups in total. The Morgan fingerprint density at radius 2 is 1.71 bits per heavy atom. The van der Waals surface area contributed by atoms with Crippen molar-refractivity contribution >= 4 is 44.0 Å². The van der Waals surface area contributed by atoms with Crippen LogP contribution in [0, 0.1) is 0 Å². The molecule has 35 heavy (non-hydrogen) atoms. The first-order valence-electron chi connectivity index (χ1n) is 10.4. The van der Waals surface area contributed by atoms with Crippen molar-refractivity contribution in [2.24, 2.45) is 11.5 Å². The summed E-state index contributed by atoms with van der Waals surface area (Å²) in [5.74, 6) is -2.37. The quantitative estimate of drug-likeness (QED) is 0.365. The van der Waals surface area contributed by atoms with E-state index in [-0.39, 0.29) is 38.6 Å². The molecular formula is C24H25ClN2O7S. The zero-order valence-electron chi connectivity index (χ0n) is 19.0. The van der Waals surface area contributed by atoms with Crippen LogP contribution in [0.2, 0.25) is 5.02 Å². The molecule has 0 amide bonds. The molecule has 0 radical (unpaired) electrons. The van der Waals surface area contributed by atoms with E-state index in [1.807, 2.05) is 0 Å². The number of sulfone groups is 1.